The van der Waals surface area contributed by atoms with Crippen molar-refractivity contribution in [1.82, 2.24) is 0 Å². The van der Waals surface area contributed by atoms with E-state index in [1.54, 1.807) is 12.5 Å². The summed E-state index contributed by atoms with van der Waals surface area (Å²) in [6.45, 7) is 8.89. The molecule has 0 amide bonds. The fourth-order valence-corrected chi connectivity index (χ4v) is 7.21. The van der Waals surface area contributed by atoms with Crippen LogP contribution in [0.1, 0.15) is 72.6 Å². The molecule has 2 fully saturated rings. The molecule has 0 unspecified atom stereocenters. The number of aliphatic hydroxyl groups is 1. The Balaban J connectivity index is 1.71. The van der Waals surface area contributed by atoms with Gasteiger partial charge in [0.1, 0.15) is 0 Å². The second-order valence-corrected chi connectivity index (χ2v) is 9.52. The molecule has 4 rings (SSSR count). The molecule has 4 aliphatic rings. The molecular weight excluding hydrogens is 296 g/mol. The lowest BCUT2D eigenvalue weighted by atomic mass is 9.46. The third-order valence-electron chi connectivity index (χ3n) is 8.40. The maximum Gasteiger partial charge on any atom is 0.156 e. The number of ketones is 1. The molecule has 1 N–H and O–H groups in total. The van der Waals surface area contributed by atoms with Gasteiger partial charge in [0.25, 0.3) is 0 Å². The van der Waals surface area contributed by atoms with Crippen LogP contribution in [0.15, 0.2) is 22.8 Å². The van der Waals surface area contributed by atoms with Crippen LogP contribution in [0.5, 0.6) is 0 Å². The molecular formula is C22H32O2. The molecule has 24 heavy (non-hydrogen) atoms. The van der Waals surface area contributed by atoms with Crippen molar-refractivity contribution in [2.24, 2.45) is 28.6 Å². The van der Waals surface area contributed by atoms with Crippen LogP contribution in [-0.4, -0.2) is 17.0 Å². The van der Waals surface area contributed by atoms with Crippen LogP contribution < -0.4 is 0 Å². The zero-order chi connectivity index (χ0) is 17.3. The molecule has 0 radical (unpaired) electrons. The molecule has 6 atom stereocenters. The van der Waals surface area contributed by atoms with Crippen LogP contribution in [0, 0.1) is 28.6 Å². The predicted molar refractivity (Wildman–Crippen MR) is 96.5 cm³/mol. The smallest absolute Gasteiger partial charge is 0.156 e. The van der Waals surface area contributed by atoms with E-state index in [-0.39, 0.29) is 22.7 Å². The van der Waals surface area contributed by atoms with E-state index >= 15 is 0 Å². The van der Waals surface area contributed by atoms with Crippen LogP contribution in [0.3, 0.4) is 0 Å². The van der Waals surface area contributed by atoms with Crippen molar-refractivity contribution in [2.45, 2.75) is 78.7 Å². The van der Waals surface area contributed by atoms with Crippen molar-refractivity contribution >= 4 is 5.78 Å². The van der Waals surface area contributed by atoms with E-state index in [0.29, 0.717) is 11.8 Å². The van der Waals surface area contributed by atoms with E-state index in [1.807, 2.05) is 0 Å². The van der Waals surface area contributed by atoms with Gasteiger partial charge in [0.05, 0.1) is 6.10 Å². The molecule has 4 aliphatic carbocycles. The number of aliphatic hydroxyl groups excluding tert-OH is 1. The van der Waals surface area contributed by atoms with Crippen molar-refractivity contribution in [2.75, 3.05) is 0 Å². The fourth-order valence-electron chi connectivity index (χ4n) is 7.21. The van der Waals surface area contributed by atoms with Crippen LogP contribution in [0.4, 0.5) is 0 Å². The SMILES string of the molecule is CC(=O)C1=CC[C@H]2[C@@H]3CC(C)=C4C[C@H](O)CC[C@]4(C)[C@H]3CC[C@]12C. The molecule has 0 bridgehead atoms. The second-order valence-electron chi connectivity index (χ2n) is 9.52. The van der Waals surface area contributed by atoms with Crippen LogP contribution >= 0.6 is 0 Å². The molecule has 0 heterocycles. The summed E-state index contributed by atoms with van der Waals surface area (Å²) in [5.41, 5.74) is 4.62. The third-order valence-corrected chi connectivity index (χ3v) is 8.40. The first-order chi connectivity index (χ1) is 11.3. The van der Waals surface area contributed by atoms with Gasteiger partial charge in [-0.2, -0.15) is 0 Å². The molecule has 0 aliphatic heterocycles. The molecule has 2 nitrogen and oxygen atoms in total. The predicted octanol–water partition coefficient (Wildman–Crippen LogP) is 4.83. The van der Waals surface area contributed by atoms with E-state index < -0.39 is 0 Å². The Morgan fingerprint density at radius 3 is 2.54 bits per heavy atom. The van der Waals surface area contributed by atoms with Gasteiger partial charge < -0.3 is 5.11 Å². The van der Waals surface area contributed by atoms with Gasteiger partial charge in [-0.15, -0.1) is 0 Å². The van der Waals surface area contributed by atoms with Crippen molar-refractivity contribution < 1.29 is 9.90 Å². The minimum Gasteiger partial charge on any atom is -0.393 e. The lowest BCUT2D eigenvalue weighted by Gasteiger charge is -2.58. The normalized spacial score (nSPS) is 47.6. The van der Waals surface area contributed by atoms with Gasteiger partial charge in [-0.05, 0) is 93.0 Å². The molecule has 132 valence electrons. The molecule has 0 aromatic heterocycles. The van der Waals surface area contributed by atoms with Crippen LogP contribution in [0.2, 0.25) is 0 Å². The highest BCUT2D eigenvalue weighted by molar-refractivity contribution is 5.95. The molecule has 0 saturated heterocycles. The number of fused-ring (bicyclic) bond motifs is 5. The van der Waals surface area contributed by atoms with Gasteiger partial charge >= 0.3 is 0 Å². The first-order valence-electron chi connectivity index (χ1n) is 9.86. The number of carbonyl (C=O) groups is 1. The first-order valence-corrected chi connectivity index (χ1v) is 9.86. The van der Waals surface area contributed by atoms with E-state index in [0.717, 1.165) is 43.6 Å². The fraction of sp³-hybridized carbons (Fsp3) is 0.773. The Morgan fingerprint density at radius 2 is 1.83 bits per heavy atom. The van der Waals surface area contributed by atoms with Gasteiger partial charge in [0.15, 0.2) is 5.78 Å². The highest BCUT2D eigenvalue weighted by Crippen LogP contribution is 2.66. The quantitative estimate of drug-likeness (QED) is 0.700. The molecule has 2 heteroatoms. The number of carbonyl (C=O) groups excluding carboxylic acids is 1. The van der Waals surface area contributed by atoms with Crippen LogP contribution in [-0.2, 0) is 4.79 Å². The van der Waals surface area contributed by atoms with Crippen molar-refractivity contribution in [3.05, 3.63) is 22.8 Å². The Bertz CT molecular complexity index is 642. The summed E-state index contributed by atoms with van der Waals surface area (Å²) in [5.74, 6) is 2.37. The van der Waals surface area contributed by atoms with E-state index in [2.05, 4.69) is 26.8 Å². The maximum absolute atomic E-state index is 12.2. The number of allylic oxidation sites excluding steroid dienone is 3. The van der Waals surface area contributed by atoms with E-state index in [4.69, 9.17) is 0 Å². The highest BCUT2D eigenvalue weighted by Gasteiger charge is 2.57. The summed E-state index contributed by atoms with van der Waals surface area (Å²) in [6, 6.07) is 0. The van der Waals surface area contributed by atoms with E-state index in [1.165, 1.54) is 18.4 Å². The zero-order valence-electron chi connectivity index (χ0n) is 15.7. The van der Waals surface area contributed by atoms with Crippen molar-refractivity contribution in [1.29, 1.82) is 0 Å². The summed E-state index contributed by atoms with van der Waals surface area (Å²) in [4.78, 5) is 12.2. The third kappa shape index (κ3) is 2.08. The summed E-state index contributed by atoms with van der Waals surface area (Å²) in [6.07, 6.45) is 9.79. The number of hydrogen-bond acceptors (Lipinski definition) is 2. The van der Waals surface area contributed by atoms with Crippen molar-refractivity contribution in [3.63, 3.8) is 0 Å². The van der Waals surface area contributed by atoms with Gasteiger partial charge in [-0.25, -0.2) is 0 Å². The van der Waals surface area contributed by atoms with Gasteiger partial charge in [-0.3, -0.25) is 4.79 Å². The van der Waals surface area contributed by atoms with Gasteiger partial charge in [0, 0.05) is 0 Å². The summed E-state index contributed by atoms with van der Waals surface area (Å²) in [7, 11) is 0. The number of Topliss-reactive ketones (excluding diaryl/α,β-unsaturated/α-hetero) is 1. The summed E-state index contributed by atoms with van der Waals surface area (Å²) in [5, 5.41) is 10.2. The minimum atomic E-state index is -0.133. The van der Waals surface area contributed by atoms with Crippen LogP contribution in [0.25, 0.3) is 0 Å². The summed E-state index contributed by atoms with van der Waals surface area (Å²) >= 11 is 0. The second kappa shape index (κ2) is 5.30. The molecule has 0 aromatic carbocycles. The molecule has 2 saturated carbocycles. The zero-order valence-corrected chi connectivity index (χ0v) is 15.7. The Morgan fingerprint density at radius 1 is 1.12 bits per heavy atom. The lowest BCUT2D eigenvalue weighted by molar-refractivity contribution is -0.115. The average Bonchev–Trinajstić information content (AvgIpc) is 2.87. The molecule has 0 aromatic rings. The van der Waals surface area contributed by atoms with Crippen molar-refractivity contribution in [3.8, 4) is 0 Å². The number of rotatable bonds is 1. The Labute approximate surface area is 146 Å². The van der Waals surface area contributed by atoms with E-state index in [9.17, 15) is 9.90 Å². The first kappa shape index (κ1) is 16.6. The standard InChI is InChI=1S/C22H32O2/c1-13-11-16-18-6-5-17(14(2)23)21(18,3)10-8-19(16)22(4)9-7-15(24)12-20(13)22/h5,15-16,18-19,24H,6-12H2,1-4H3/t15-,16+,18+,19+,21-,22-/m1/s1. The minimum absolute atomic E-state index is 0.106. The average molecular weight is 328 g/mol. The topological polar surface area (TPSA) is 37.3 Å². The Hall–Kier alpha value is -0.890. The maximum atomic E-state index is 12.2. The highest BCUT2D eigenvalue weighted by atomic mass is 16.3. The Kier molecular flexibility index (Phi) is 3.66. The lowest BCUT2D eigenvalue weighted by Crippen LogP contribution is -2.51. The largest absolute Gasteiger partial charge is 0.393 e. The van der Waals surface area contributed by atoms with Gasteiger partial charge in [0.2, 0.25) is 0 Å². The van der Waals surface area contributed by atoms with Gasteiger partial charge in [-0.1, -0.05) is 31.1 Å². The molecule has 0 spiro atoms. The number of hydrogen-bond donors (Lipinski definition) is 1. The monoisotopic (exact) mass is 328 g/mol. The summed E-state index contributed by atoms with van der Waals surface area (Å²) < 4.78 is 0.